The Morgan fingerprint density at radius 2 is 2.13 bits per heavy atom. The molecule has 0 saturated heterocycles. The van der Waals surface area contributed by atoms with Crippen molar-refractivity contribution in [2.45, 2.75) is 0 Å². The fraction of sp³-hybridized carbons (Fsp3) is 0.200. The molecule has 0 bridgehead atoms. The van der Waals surface area contributed by atoms with Gasteiger partial charge in [0.1, 0.15) is 11.4 Å². The standard InChI is InChI=1S/C15H15ClN4O3/c1-20(15(22)12-8-17-5-6-18-12)9-14(21)19-11-7-10(16)3-4-13(11)23-2/h3-8H,9H2,1-2H3,(H,19,21). The SMILES string of the molecule is COc1ccc(Cl)cc1NC(=O)CN(C)C(=O)c1cnccn1. The molecule has 7 nitrogen and oxygen atoms in total. The quantitative estimate of drug-likeness (QED) is 0.902. The third-order valence-electron chi connectivity index (χ3n) is 2.95. The Kier molecular flexibility index (Phi) is 5.48. The summed E-state index contributed by atoms with van der Waals surface area (Å²) in [6.45, 7) is -0.148. The molecule has 1 heterocycles. The summed E-state index contributed by atoms with van der Waals surface area (Å²) < 4.78 is 5.15. The molecule has 0 fully saturated rings. The number of benzene rings is 1. The number of rotatable bonds is 5. The number of anilines is 1. The van der Waals surface area contributed by atoms with Gasteiger partial charge in [-0.3, -0.25) is 14.6 Å². The zero-order valence-electron chi connectivity index (χ0n) is 12.6. The van der Waals surface area contributed by atoms with Crippen molar-refractivity contribution in [1.29, 1.82) is 0 Å². The molecule has 0 atom stereocenters. The van der Waals surface area contributed by atoms with Crippen molar-refractivity contribution in [3.63, 3.8) is 0 Å². The molecule has 0 unspecified atom stereocenters. The predicted molar refractivity (Wildman–Crippen MR) is 85.6 cm³/mol. The Labute approximate surface area is 138 Å². The van der Waals surface area contributed by atoms with E-state index in [0.29, 0.717) is 16.5 Å². The number of nitrogens with one attached hydrogen (secondary N) is 1. The Balaban J connectivity index is 2.02. The molecule has 8 heteroatoms. The predicted octanol–water partition coefficient (Wildman–Crippen LogP) is 1.85. The van der Waals surface area contributed by atoms with E-state index in [0.717, 1.165) is 0 Å². The summed E-state index contributed by atoms with van der Waals surface area (Å²) >= 11 is 5.91. The number of hydrogen-bond donors (Lipinski definition) is 1. The van der Waals surface area contributed by atoms with E-state index in [2.05, 4.69) is 15.3 Å². The fourth-order valence-electron chi connectivity index (χ4n) is 1.86. The van der Waals surface area contributed by atoms with Crippen LogP contribution in [0.1, 0.15) is 10.5 Å². The summed E-state index contributed by atoms with van der Waals surface area (Å²) in [5.74, 6) is -0.303. The highest BCUT2D eigenvalue weighted by molar-refractivity contribution is 6.31. The number of likely N-dealkylation sites (N-methyl/N-ethyl adjacent to an activating group) is 1. The number of amides is 2. The number of aromatic nitrogens is 2. The van der Waals surface area contributed by atoms with Gasteiger partial charge in [0.2, 0.25) is 5.91 Å². The molecular weight excluding hydrogens is 320 g/mol. The molecule has 120 valence electrons. The normalized spacial score (nSPS) is 10.0. The molecule has 0 radical (unpaired) electrons. The maximum absolute atomic E-state index is 12.1. The van der Waals surface area contributed by atoms with Crippen molar-refractivity contribution in [1.82, 2.24) is 14.9 Å². The van der Waals surface area contributed by atoms with E-state index in [1.54, 1.807) is 18.2 Å². The smallest absolute Gasteiger partial charge is 0.274 e. The van der Waals surface area contributed by atoms with Gasteiger partial charge in [-0.15, -0.1) is 0 Å². The number of hydrogen-bond acceptors (Lipinski definition) is 5. The zero-order chi connectivity index (χ0) is 16.8. The van der Waals surface area contributed by atoms with Crippen LogP contribution >= 0.6 is 11.6 Å². The fourth-order valence-corrected chi connectivity index (χ4v) is 2.03. The Morgan fingerprint density at radius 1 is 1.35 bits per heavy atom. The van der Waals surface area contributed by atoms with Gasteiger partial charge in [0.15, 0.2) is 0 Å². The van der Waals surface area contributed by atoms with Crippen molar-refractivity contribution >= 4 is 29.1 Å². The molecule has 23 heavy (non-hydrogen) atoms. The number of ether oxygens (including phenoxy) is 1. The summed E-state index contributed by atoms with van der Waals surface area (Å²) in [4.78, 5) is 33.2. The van der Waals surface area contributed by atoms with E-state index in [-0.39, 0.29) is 18.1 Å². The number of carbonyl (C=O) groups excluding carboxylic acids is 2. The first-order valence-electron chi connectivity index (χ1n) is 6.66. The van der Waals surface area contributed by atoms with Crippen LogP contribution < -0.4 is 10.1 Å². The lowest BCUT2D eigenvalue weighted by Gasteiger charge is -2.17. The molecule has 1 aromatic carbocycles. The number of halogens is 1. The molecule has 2 rings (SSSR count). The first kappa shape index (κ1) is 16.7. The third kappa shape index (κ3) is 4.40. The van der Waals surface area contributed by atoms with Gasteiger partial charge in [-0.2, -0.15) is 0 Å². The second kappa shape index (κ2) is 7.55. The van der Waals surface area contributed by atoms with Crippen LogP contribution in [0, 0.1) is 0 Å². The average Bonchev–Trinajstić information content (AvgIpc) is 2.55. The van der Waals surface area contributed by atoms with Crippen molar-refractivity contribution in [3.8, 4) is 5.75 Å². The van der Waals surface area contributed by atoms with Crippen LogP contribution in [0.5, 0.6) is 5.75 Å². The number of carbonyl (C=O) groups is 2. The van der Waals surface area contributed by atoms with Gasteiger partial charge in [0, 0.05) is 24.5 Å². The summed E-state index contributed by atoms with van der Waals surface area (Å²) in [6, 6.07) is 4.87. The van der Waals surface area contributed by atoms with Gasteiger partial charge >= 0.3 is 0 Å². The van der Waals surface area contributed by atoms with E-state index in [9.17, 15) is 9.59 Å². The third-order valence-corrected chi connectivity index (χ3v) is 3.18. The van der Waals surface area contributed by atoms with Gasteiger partial charge in [-0.05, 0) is 18.2 Å². The van der Waals surface area contributed by atoms with Crippen molar-refractivity contribution in [2.75, 3.05) is 26.0 Å². The van der Waals surface area contributed by atoms with Crippen LogP contribution in [0.25, 0.3) is 0 Å². The Bertz CT molecular complexity index is 709. The first-order valence-corrected chi connectivity index (χ1v) is 7.04. The lowest BCUT2D eigenvalue weighted by Crippen LogP contribution is -2.35. The van der Waals surface area contributed by atoms with Crippen molar-refractivity contribution in [3.05, 3.63) is 47.5 Å². The molecule has 2 amide bonds. The van der Waals surface area contributed by atoms with Crippen molar-refractivity contribution in [2.24, 2.45) is 0 Å². The van der Waals surface area contributed by atoms with Crippen molar-refractivity contribution < 1.29 is 14.3 Å². The highest BCUT2D eigenvalue weighted by Crippen LogP contribution is 2.27. The minimum Gasteiger partial charge on any atom is -0.495 e. The number of methoxy groups -OCH3 is 1. The van der Waals surface area contributed by atoms with E-state index >= 15 is 0 Å². The highest BCUT2D eigenvalue weighted by atomic mass is 35.5. The van der Waals surface area contributed by atoms with E-state index in [4.69, 9.17) is 16.3 Å². The maximum atomic E-state index is 12.1. The van der Waals surface area contributed by atoms with Crippen LogP contribution in [0.4, 0.5) is 5.69 Å². The summed E-state index contributed by atoms with van der Waals surface area (Å²) in [5, 5.41) is 3.12. The molecular formula is C15H15ClN4O3. The Morgan fingerprint density at radius 3 is 2.78 bits per heavy atom. The van der Waals surface area contributed by atoms with Crippen LogP contribution in [-0.4, -0.2) is 47.4 Å². The molecule has 0 spiro atoms. The molecule has 1 N–H and O–H groups in total. The summed E-state index contributed by atoms with van der Waals surface area (Å²) in [7, 11) is 2.99. The summed E-state index contributed by atoms with van der Waals surface area (Å²) in [5.41, 5.74) is 0.605. The van der Waals surface area contributed by atoms with Crippen LogP contribution in [0.15, 0.2) is 36.8 Å². The topological polar surface area (TPSA) is 84.4 Å². The first-order chi connectivity index (χ1) is 11.0. The Hall–Kier alpha value is -2.67. The minimum absolute atomic E-state index is 0.148. The molecule has 2 aromatic rings. The number of nitrogens with zero attached hydrogens (tertiary/aromatic N) is 3. The maximum Gasteiger partial charge on any atom is 0.274 e. The van der Waals surface area contributed by atoms with Gasteiger partial charge in [0.25, 0.3) is 5.91 Å². The molecule has 0 aliphatic heterocycles. The lowest BCUT2D eigenvalue weighted by molar-refractivity contribution is -0.116. The van der Waals surface area contributed by atoms with Gasteiger partial charge < -0.3 is 15.0 Å². The van der Waals surface area contributed by atoms with E-state index in [1.807, 2.05) is 0 Å². The average molecular weight is 335 g/mol. The highest BCUT2D eigenvalue weighted by Gasteiger charge is 2.17. The zero-order valence-corrected chi connectivity index (χ0v) is 13.4. The van der Waals surface area contributed by atoms with Gasteiger partial charge in [0.05, 0.1) is 25.5 Å². The van der Waals surface area contributed by atoms with Crippen LogP contribution in [0.2, 0.25) is 5.02 Å². The van der Waals surface area contributed by atoms with E-state index < -0.39 is 5.91 Å². The van der Waals surface area contributed by atoms with Crippen LogP contribution in [0.3, 0.4) is 0 Å². The van der Waals surface area contributed by atoms with E-state index in [1.165, 1.54) is 37.6 Å². The largest absolute Gasteiger partial charge is 0.495 e. The molecule has 1 aromatic heterocycles. The molecule has 0 saturated carbocycles. The monoisotopic (exact) mass is 334 g/mol. The molecule has 0 aliphatic carbocycles. The minimum atomic E-state index is -0.397. The molecule has 0 aliphatic rings. The second-order valence-electron chi connectivity index (χ2n) is 4.64. The lowest BCUT2D eigenvalue weighted by atomic mass is 10.3. The summed E-state index contributed by atoms with van der Waals surface area (Å²) in [6.07, 6.45) is 4.23. The van der Waals surface area contributed by atoms with Crippen LogP contribution in [-0.2, 0) is 4.79 Å². The second-order valence-corrected chi connectivity index (χ2v) is 5.08. The van der Waals surface area contributed by atoms with Gasteiger partial charge in [-0.25, -0.2) is 4.98 Å². The van der Waals surface area contributed by atoms with Gasteiger partial charge in [-0.1, -0.05) is 11.6 Å².